The standard InChI is InChI=1S/C16H22N6OS/c1-14-13-24-16(19-14)22-10-8-20(9-11-22)12-15(23)21(6-2-4-17)7-3-5-18/h13H,2-3,6-12H2,1H3. The number of nitrogens with zero attached hydrogens (tertiary/aromatic N) is 6. The van der Waals surface area contributed by atoms with Gasteiger partial charge in [0, 0.05) is 44.6 Å². The molecule has 0 N–H and O–H groups in total. The molecule has 1 fully saturated rings. The summed E-state index contributed by atoms with van der Waals surface area (Å²) >= 11 is 1.65. The van der Waals surface area contributed by atoms with E-state index in [1.165, 1.54) is 0 Å². The molecule has 1 amide bonds. The second-order valence-electron chi connectivity index (χ2n) is 5.73. The zero-order valence-corrected chi connectivity index (χ0v) is 14.8. The van der Waals surface area contributed by atoms with Crippen LogP contribution in [0.1, 0.15) is 18.5 Å². The third kappa shape index (κ3) is 5.19. The summed E-state index contributed by atoms with van der Waals surface area (Å²) < 4.78 is 0. The van der Waals surface area contributed by atoms with Gasteiger partial charge < -0.3 is 9.80 Å². The Labute approximate surface area is 146 Å². The molecular weight excluding hydrogens is 324 g/mol. The maximum absolute atomic E-state index is 12.4. The van der Waals surface area contributed by atoms with E-state index < -0.39 is 0 Å². The van der Waals surface area contributed by atoms with Gasteiger partial charge in [-0.2, -0.15) is 10.5 Å². The fraction of sp³-hybridized carbons (Fsp3) is 0.625. The van der Waals surface area contributed by atoms with Crippen molar-refractivity contribution in [2.75, 3.05) is 50.7 Å². The van der Waals surface area contributed by atoms with E-state index in [-0.39, 0.29) is 5.91 Å². The van der Waals surface area contributed by atoms with Crippen LogP contribution in [0.5, 0.6) is 0 Å². The molecule has 0 saturated carbocycles. The van der Waals surface area contributed by atoms with Crippen LogP contribution >= 0.6 is 11.3 Å². The first-order valence-corrected chi connectivity index (χ1v) is 8.93. The third-order valence-electron chi connectivity index (χ3n) is 3.95. The lowest BCUT2D eigenvalue weighted by Gasteiger charge is -2.35. The number of carbonyl (C=O) groups is 1. The van der Waals surface area contributed by atoms with Gasteiger partial charge in [0.25, 0.3) is 0 Å². The highest BCUT2D eigenvalue weighted by molar-refractivity contribution is 7.13. The lowest BCUT2D eigenvalue weighted by molar-refractivity contribution is -0.132. The van der Waals surface area contributed by atoms with Crippen LogP contribution in [0.15, 0.2) is 5.38 Å². The van der Waals surface area contributed by atoms with Crippen molar-refractivity contribution in [2.45, 2.75) is 19.8 Å². The molecule has 1 saturated heterocycles. The Morgan fingerprint density at radius 1 is 1.25 bits per heavy atom. The van der Waals surface area contributed by atoms with Crippen molar-refractivity contribution in [1.82, 2.24) is 14.8 Å². The first-order valence-electron chi connectivity index (χ1n) is 8.05. The van der Waals surface area contributed by atoms with Crippen LogP contribution < -0.4 is 4.90 Å². The lowest BCUT2D eigenvalue weighted by Crippen LogP contribution is -2.50. The van der Waals surface area contributed by atoms with Gasteiger partial charge in [0.1, 0.15) is 0 Å². The van der Waals surface area contributed by atoms with Crippen molar-refractivity contribution in [1.29, 1.82) is 10.5 Å². The Balaban J connectivity index is 1.81. The zero-order chi connectivity index (χ0) is 17.4. The summed E-state index contributed by atoms with van der Waals surface area (Å²) in [5.74, 6) is -0.000886. The van der Waals surface area contributed by atoms with Crippen molar-refractivity contribution < 1.29 is 4.79 Å². The number of thiazole rings is 1. The summed E-state index contributed by atoms with van der Waals surface area (Å²) in [6, 6.07) is 4.11. The second kappa shape index (κ2) is 9.21. The third-order valence-corrected chi connectivity index (χ3v) is 4.97. The van der Waals surface area contributed by atoms with Gasteiger partial charge in [-0.25, -0.2) is 4.98 Å². The van der Waals surface area contributed by atoms with Crippen LogP contribution in [0.3, 0.4) is 0 Å². The summed E-state index contributed by atoms with van der Waals surface area (Å²) in [5, 5.41) is 20.5. The highest BCUT2D eigenvalue weighted by Gasteiger charge is 2.22. The minimum Gasteiger partial charge on any atom is -0.346 e. The predicted octanol–water partition coefficient (Wildman–Crippen LogP) is 1.23. The number of hydrogen-bond acceptors (Lipinski definition) is 7. The summed E-state index contributed by atoms with van der Waals surface area (Å²) in [6.07, 6.45) is 0.600. The monoisotopic (exact) mass is 346 g/mol. The Bertz CT molecular complexity index is 605. The molecule has 0 aliphatic carbocycles. The topological polar surface area (TPSA) is 87.3 Å². The van der Waals surface area contributed by atoms with Crippen molar-refractivity contribution in [3.63, 3.8) is 0 Å². The van der Waals surface area contributed by atoms with Gasteiger partial charge in [-0.1, -0.05) is 0 Å². The van der Waals surface area contributed by atoms with Crippen molar-refractivity contribution in [2.24, 2.45) is 0 Å². The van der Waals surface area contributed by atoms with Crippen molar-refractivity contribution >= 4 is 22.4 Å². The molecule has 2 heterocycles. The molecule has 24 heavy (non-hydrogen) atoms. The average Bonchev–Trinajstić information content (AvgIpc) is 3.02. The van der Waals surface area contributed by atoms with Crippen LogP contribution in [0, 0.1) is 29.6 Å². The molecule has 128 valence electrons. The highest BCUT2D eigenvalue weighted by Crippen LogP contribution is 2.21. The van der Waals surface area contributed by atoms with Gasteiger partial charge in [-0.3, -0.25) is 9.69 Å². The molecular formula is C16H22N6OS. The fourth-order valence-electron chi connectivity index (χ4n) is 2.61. The number of aromatic nitrogens is 1. The fourth-order valence-corrected chi connectivity index (χ4v) is 3.46. The summed E-state index contributed by atoms with van der Waals surface area (Å²) in [6.45, 7) is 6.48. The quantitative estimate of drug-likeness (QED) is 0.738. The highest BCUT2D eigenvalue weighted by atomic mass is 32.1. The van der Waals surface area contributed by atoms with E-state index in [1.54, 1.807) is 16.2 Å². The van der Waals surface area contributed by atoms with Crippen LogP contribution in [0.25, 0.3) is 0 Å². The largest absolute Gasteiger partial charge is 0.346 e. The molecule has 1 aliphatic rings. The number of nitriles is 2. The SMILES string of the molecule is Cc1csc(N2CCN(CC(=O)N(CCC#N)CCC#N)CC2)n1. The number of amides is 1. The van der Waals surface area contributed by atoms with E-state index in [9.17, 15) is 4.79 Å². The molecule has 1 aliphatic heterocycles. The number of aryl methyl sites for hydroxylation is 1. The molecule has 0 atom stereocenters. The first-order chi connectivity index (χ1) is 11.6. The number of piperazine rings is 1. The molecule has 0 unspecified atom stereocenters. The summed E-state index contributed by atoms with van der Waals surface area (Å²) in [4.78, 5) is 22.9. The van der Waals surface area contributed by atoms with Crippen LogP contribution in [0.2, 0.25) is 0 Å². The van der Waals surface area contributed by atoms with Gasteiger partial charge in [0.15, 0.2) is 5.13 Å². The van der Waals surface area contributed by atoms with Crippen LogP contribution in [0.4, 0.5) is 5.13 Å². The average molecular weight is 346 g/mol. The van der Waals surface area contributed by atoms with Crippen LogP contribution in [-0.2, 0) is 4.79 Å². The van der Waals surface area contributed by atoms with Gasteiger partial charge in [-0.05, 0) is 6.92 Å². The molecule has 0 radical (unpaired) electrons. The Morgan fingerprint density at radius 3 is 2.38 bits per heavy atom. The normalized spacial score (nSPS) is 14.9. The van der Waals surface area contributed by atoms with Crippen molar-refractivity contribution in [3.8, 4) is 12.1 Å². The smallest absolute Gasteiger partial charge is 0.236 e. The second-order valence-corrected chi connectivity index (χ2v) is 6.57. The molecule has 2 rings (SSSR count). The van der Waals surface area contributed by atoms with Crippen LogP contribution in [-0.4, -0.2) is 66.5 Å². The minimum atomic E-state index is -0.000886. The summed E-state index contributed by atoms with van der Waals surface area (Å²) in [5.41, 5.74) is 1.04. The van der Waals surface area contributed by atoms with Gasteiger partial charge in [-0.15, -0.1) is 11.3 Å². The first kappa shape index (κ1) is 18.2. The zero-order valence-electron chi connectivity index (χ0n) is 13.9. The van der Waals surface area contributed by atoms with Gasteiger partial charge in [0.2, 0.25) is 5.91 Å². The maximum atomic E-state index is 12.4. The molecule has 0 aromatic carbocycles. The van der Waals surface area contributed by atoms with E-state index in [4.69, 9.17) is 10.5 Å². The van der Waals surface area contributed by atoms with Gasteiger partial charge >= 0.3 is 0 Å². The molecule has 8 heteroatoms. The Morgan fingerprint density at radius 2 is 1.88 bits per heavy atom. The maximum Gasteiger partial charge on any atom is 0.236 e. The number of hydrogen-bond donors (Lipinski definition) is 0. The van der Waals surface area contributed by atoms with E-state index in [1.807, 2.05) is 12.3 Å². The molecule has 1 aromatic rings. The van der Waals surface area contributed by atoms with E-state index in [0.717, 1.165) is 37.0 Å². The van der Waals surface area contributed by atoms with Gasteiger partial charge in [0.05, 0.1) is 37.2 Å². The molecule has 7 nitrogen and oxygen atoms in total. The molecule has 1 aromatic heterocycles. The minimum absolute atomic E-state index is 0.000886. The van der Waals surface area contributed by atoms with E-state index in [0.29, 0.717) is 32.5 Å². The predicted molar refractivity (Wildman–Crippen MR) is 92.5 cm³/mol. The van der Waals surface area contributed by atoms with E-state index in [2.05, 4.69) is 26.9 Å². The Hall–Kier alpha value is -2.16. The molecule has 0 spiro atoms. The number of anilines is 1. The number of rotatable bonds is 7. The summed E-state index contributed by atoms with van der Waals surface area (Å²) in [7, 11) is 0. The van der Waals surface area contributed by atoms with Crippen molar-refractivity contribution in [3.05, 3.63) is 11.1 Å². The molecule has 0 bridgehead atoms. The Kier molecular flexibility index (Phi) is 6.98. The lowest BCUT2D eigenvalue weighted by atomic mass is 10.3. The number of carbonyl (C=O) groups excluding carboxylic acids is 1. The van der Waals surface area contributed by atoms with E-state index >= 15 is 0 Å².